The Kier molecular flexibility index (Phi) is 9.71. The number of allylic oxidation sites excluding steroid dienone is 2. The number of rotatable bonds is 11. The number of hydrogen-bond acceptors (Lipinski definition) is 3. The van der Waals surface area contributed by atoms with Crippen LogP contribution in [-0.2, 0) is 14.3 Å². The highest BCUT2D eigenvalue weighted by atomic mass is 16.5. The van der Waals surface area contributed by atoms with E-state index in [0.29, 0.717) is 17.4 Å². The molecule has 1 unspecified atom stereocenters. The molecule has 0 heterocycles. The maximum absolute atomic E-state index is 11.8. The molecule has 0 saturated heterocycles. The average Bonchev–Trinajstić information content (AvgIpc) is 2.30. The number of carbonyl (C=O) groups is 2. The number of carboxylic acids is 1. The fourth-order valence-corrected chi connectivity index (χ4v) is 2.07. The third-order valence-corrected chi connectivity index (χ3v) is 2.94. The van der Waals surface area contributed by atoms with Gasteiger partial charge in [0.1, 0.15) is 6.54 Å². The minimum Gasteiger partial charge on any atom is -0.481 e. The normalized spacial score (nSPS) is 13.3. The second-order valence-electron chi connectivity index (χ2n) is 6.35. The highest BCUT2D eigenvalue weighted by molar-refractivity contribution is 5.71. The van der Waals surface area contributed by atoms with Crippen LogP contribution >= 0.6 is 0 Å². The number of unbranched alkanes of at least 4 members (excludes halogenated alkanes) is 3. The Morgan fingerprint density at radius 2 is 1.86 bits per heavy atom. The molecule has 5 nitrogen and oxygen atoms in total. The smallest absolute Gasteiger partial charge is 0.307 e. The van der Waals surface area contributed by atoms with Crippen LogP contribution in [0.15, 0.2) is 12.2 Å². The van der Waals surface area contributed by atoms with Gasteiger partial charge < -0.3 is 14.3 Å². The summed E-state index contributed by atoms with van der Waals surface area (Å²) in [5.41, 5.74) is 0. The standard InChI is InChI=1S/C16H29NO4/c1-5-6-7-8-9-10-11-16(20)21-14(12-15(18)19)13-17(2,3)4/h5-6,14H,7-13H2,1-4H3/p+1/b6-5+. The fourth-order valence-electron chi connectivity index (χ4n) is 2.07. The van der Waals surface area contributed by atoms with E-state index in [9.17, 15) is 9.59 Å². The van der Waals surface area contributed by atoms with Crippen molar-refractivity contribution in [3.63, 3.8) is 0 Å². The number of quaternary nitrogens is 1. The first-order valence-corrected chi connectivity index (χ1v) is 7.57. The molecular formula is C16H30NO4+. The number of hydrogen-bond donors (Lipinski definition) is 1. The first-order chi connectivity index (χ1) is 9.74. The van der Waals surface area contributed by atoms with Gasteiger partial charge in [0.25, 0.3) is 0 Å². The molecule has 0 bridgehead atoms. The molecule has 5 heteroatoms. The summed E-state index contributed by atoms with van der Waals surface area (Å²) in [6, 6.07) is 0. The molecule has 0 aromatic rings. The van der Waals surface area contributed by atoms with Crippen LogP contribution in [0.4, 0.5) is 0 Å². The first-order valence-electron chi connectivity index (χ1n) is 7.57. The second-order valence-corrected chi connectivity index (χ2v) is 6.35. The third kappa shape index (κ3) is 13.4. The van der Waals surface area contributed by atoms with Crippen molar-refractivity contribution in [2.75, 3.05) is 27.7 Å². The van der Waals surface area contributed by atoms with Crippen molar-refractivity contribution in [1.29, 1.82) is 0 Å². The van der Waals surface area contributed by atoms with Crippen LogP contribution in [-0.4, -0.2) is 55.3 Å². The minimum absolute atomic E-state index is 0.136. The quantitative estimate of drug-likeness (QED) is 0.276. The van der Waals surface area contributed by atoms with Crippen molar-refractivity contribution in [2.45, 2.75) is 51.6 Å². The summed E-state index contributed by atoms with van der Waals surface area (Å²) >= 11 is 0. The Bertz CT molecular complexity index is 345. The number of esters is 1. The van der Waals surface area contributed by atoms with Crippen LogP contribution in [0.3, 0.4) is 0 Å². The predicted molar refractivity (Wildman–Crippen MR) is 82.9 cm³/mol. The van der Waals surface area contributed by atoms with Gasteiger partial charge in [-0.25, -0.2) is 0 Å². The first kappa shape index (κ1) is 19.6. The zero-order chi connectivity index (χ0) is 16.3. The molecule has 0 rings (SSSR count). The lowest BCUT2D eigenvalue weighted by Crippen LogP contribution is -2.43. The van der Waals surface area contributed by atoms with Gasteiger partial charge >= 0.3 is 11.9 Å². The van der Waals surface area contributed by atoms with Crippen LogP contribution in [0.1, 0.15) is 45.4 Å². The lowest BCUT2D eigenvalue weighted by molar-refractivity contribution is -0.873. The van der Waals surface area contributed by atoms with Crippen molar-refractivity contribution in [3.05, 3.63) is 12.2 Å². The Morgan fingerprint density at radius 1 is 1.19 bits per heavy atom. The van der Waals surface area contributed by atoms with Gasteiger partial charge in [-0.3, -0.25) is 9.59 Å². The Hall–Kier alpha value is -1.36. The molecule has 0 aromatic heterocycles. The number of carbonyl (C=O) groups excluding carboxylic acids is 1. The third-order valence-electron chi connectivity index (χ3n) is 2.94. The molecule has 0 fully saturated rings. The van der Waals surface area contributed by atoms with Crippen LogP contribution < -0.4 is 0 Å². The Balaban J connectivity index is 4.06. The predicted octanol–water partition coefficient (Wildman–Crippen LogP) is 2.61. The molecule has 0 saturated carbocycles. The van der Waals surface area contributed by atoms with E-state index in [1.165, 1.54) is 0 Å². The number of nitrogens with zero attached hydrogens (tertiary/aromatic N) is 1. The van der Waals surface area contributed by atoms with E-state index < -0.39 is 12.1 Å². The average molecular weight is 300 g/mol. The van der Waals surface area contributed by atoms with E-state index in [-0.39, 0.29) is 12.4 Å². The van der Waals surface area contributed by atoms with Crippen LogP contribution in [0.5, 0.6) is 0 Å². The molecule has 1 N–H and O–H groups in total. The number of ether oxygens (including phenoxy) is 1. The largest absolute Gasteiger partial charge is 0.481 e. The van der Waals surface area contributed by atoms with E-state index in [0.717, 1.165) is 25.7 Å². The molecule has 1 atom stereocenters. The maximum atomic E-state index is 11.8. The zero-order valence-electron chi connectivity index (χ0n) is 13.8. The molecule has 122 valence electrons. The fraction of sp³-hybridized carbons (Fsp3) is 0.750. The van der Waals surface area contributed by atoms with E-state index in [1.807, 2.05) is 34.1 Å². The summed E-state index contributed by atoms with van der Waals surface area (Å²) in [4.78, 5) is 22.6. The maximum Gasteiger partial charge on any atom is 0.307 e. The SMILES string of the molecule is C/C=C/CCCCCC(=O)OC(CC(=O)O)C[N+](C)(C)C. The molecule has 0 aromatic carbocycles. The molecular weight excluding hydrogens is 270 g/mol. The van der Waals surface area contributed by atoms with E-state index in [2.05, 4.69) is 6.08 Å². The Labute approximate surface area is 128 Å². The highest BCUT2D eigenvalue weighted by Crippen LogP contribution is 2.09. The van der Waals surface area contributed by atoms with E-state index >= 15 is 0 Å². The lowest BCUT2D eigenvalue weighted by atomic mass is 10.1. The summed E-state index contributed by atoms with van der Waals surface area (Å²) < 4.78 is 5.88. The topological polar surface area (TPSA) is 63.6 Å². The zero-order valence-corrected chi connectivity index (χ0v) is 13.8. The molecule has 0 aliphatic rings. The summed E-state index contributed by atoms with van der Waals surface area (Å²) in [5, 5.41) is 8.89. The van der Waals surface area contributed by atoms with Crippen LogP contribution in [0, 0.1) is 0 Å². The summed E-state index contributed by atoms with van der Waals surface area (Å²) in [6.07, 6.45) is 7.68. The van der Waals surface area contributed by atoms with Crippen molar-refractivity contribution >= 4 is 11.9 Å². The van der Waals surface area contributed by atoms with Crippen molar-refractivity contribution in [1.82, 2.24) is 0 Å². The van der Waals surface area contributed by atoms with E-state index in [1.54, 1.807) is 0 Å². The Morgan fingerprint density at radius 3 is 2.38 bits per heavy atom. The molecule has 0 aliphatic carbocycles. The van der Waals surface area contributed by atoms with Crippen LogP contribution in [0.25, 0.3) is 0 Å². The van der Waals surface area contributed by atoms with Gasteiger partial charge in [-0.15, -0.1) is 0 Å². The molecule has 0 spiro atoms. The number of likely N-dealkylation sites (N-methyl/N-ethyl adjacent to an activating group) is 1. The van der Waals surface area contributed by atoms with Crippen molar-refractivity contribution in [3.8, 4) is 0 Å². The van der Waals surface area contributed by atoms with Gasteiger partial charge in [-0.05, 0) is 26.2 Å². The van der Waals surface area contributed by atoms with Gasteiger partial charge in [-0.2, -0.15) is 0 Å². The lowest BCUT2D eigenvalue weighted by Gasteiger charge is -2.28. The second kappa shape index (κ2) is 10.4. The van der Waals surface area contributed by atoms with Crippen molar-refractivity contribution < 1.29 is 23.9 Å². The monoisotopic (exact) mass is 300 g/mol. The van der Waals surface area contributed by atoms with Gasteiger partial charge in [0, 0.05) is 6.42 Å². The summed E-state index contributed by atoms with van der Waals surface area (Å²) in [5.74, 6) is -1.23. The molecule has 0 radical (unpaired) electrons. The highest BCUT2D eigenvalue weighted by Gasteiger charge is 2.24. The molecule has 0 aliphatic heterocycles. The van der Waals surface area contributed by atoms with Crippen LogP contribution in [0.2, 0.25) is 0 Å². The van der Waals surface area contributed by atoms with Gasteiger partial charge in [0.2, 0.25) is 0 Å². The van der Waals surface area contributed by atoms with Crippen molar-refractivity contribution in [2.24, 2.45) is 0 Å². The van der Waals surface area contributed by atoms with Gasteiger partial charge in [0.15, 0.2) is 6.10 Å². The molecule has 21 heavy (non-hydrogen) atoms. The molecule has 0 amide bonds. The van der Waals surface area contributed by atoms with Gasteiger partial charge in [-0.1, -0.05) is 18.6 Å². The van der Waals surface area contributed by atoms with Gasteiger partial charge in [0.05, 0.1) is 27.6 Å². The summed E-state index contributed by atoms with van der Waals surface area (Å²) in [7, 11) is 5.85. The number of carboxylic acid groups (broad SMARTS) is 1. The minimum atomic E-state index is -0.937. The number of aliphatic carboxylic acids is 1. The summed E-state index contributed by atoms with van der Waals surface area (Å²) in [6.45, 7) is 2.49. The van der Waals surface area contributed by atoms with E-state index in [4.69, 9.17) is 9.84 Å².